The number of para-hydroxylation sites is 2. The second kappa shape index (κ2) is 6.93. The van der Waals surface area contributed by atoms with Crippen LogP contribution in [0, 0.1) is 0 Å². The van der Waals surface area contributed by atoms with E-state index in [4.69, 9.17) is 0 Å². The van der Waals surface area contributed by atoms with Gasteiger partial charge < -0.3 is 10.6 Å². The molecule has 2 atom stereocenters. The molecule has 4 aromatic rings. The topological polar surface area (TPSA) is 24.1 Å². The highest BCUT2D eigenvalue weighted by molar-refractivity contribution is 5.85. The van der Waals surface area contributed by atoms with Crippen LogP contribution >= 0.6 is 0 Å². The summed E-state index contributed by atoms with van der Waals surface area (Å²) in [5.41, 5.74) is 7.42. The summed E-state index contributed by atoms with van der Waals surface area (Å²) in [6, 6.07) is 30.8. The van der Waals surface area contributed by atoms with Gasteiger partial charge in [-0.1, -0.05) is 85.0 Å². The smallest absolute Gasteiger partial charge is 0.0701 e. The molecule has 2 aliphatic rings. The first-order valence-corrected chi connectivity index (χ1v) is 10.4. The third kappa shape index (κ3) is 2.98. The van der Waals surface area contributed by atoms with Crippen molar-refractivity contribution in [2.24, 2.45) is 0 Å². The molecule has 2 heteroatoms. The molecule has 2 heterocycles. The molecule has 0 saturated carbocycles. The third-order valence-corrected chi connectivity index (χ3v) is 6.09. The molecule has 2 N–H and O–H groups in total. The van der Waals surface area contributed by atoms with Crippen molar-refractivity contribution in [2.75, 3.05) is 10.6 Å². The average molecular weight is 386 g/mol. The predicted octanol–water partition coefficient (Wildman–Crippen LogP) is 7.20. The lowest BCUT2D eigenvalue weighted by Gasteiger charge is -2.24. The highest BCUT2D eigenvalue weighted by atomic mass is 14.9. The zero-order valence-corrected chi connectivity index (χ0v) is 16.5. The number of hydrogen-bond acceptors (Lipinski definition) is 2. The molecule has 2 unspecified atom stereocenters. The van der Waals surface area contributed by atoms with E-state index in [9.17, 15) is 0 Å². The minimum atomic E-state index is 0.188. The Balaban J connectivity index is 1.33. The summed E-state index contributed by atoms with van der Waals surface area (Å²) in [7, 11) is 0. The van der Waals surface area contributed by atoms with Crippen LogP contribution in [0.4, 0.5) is 11.4 Å². The molecular formula is C28H22N2. The molecule has 6 rings (SSSR count). The lowest BCUT2D eigenvalue weighted by atomic mass is 9.94. The van der Waals surface area contributed by atoms with Gasteiger partial charge in [-0.3, -0.25) is 0 Å². The first-order valence-electron chi connectivity index (χ1n) is 10.4. The minimum absolute atomic E-state index is 0.188. The second-order valence-electron chi connectivity index (χ2n) is 8.00. The molecule has 0 saturated heterocycles. The fraction of sp³-hybridized carbons (Fsp3) is 0.0714. The fourth-order valence-corrected chi connectivity index (χ4v) is 4.44. The molecule has 0 fully saturated rings. The molecular weight excluding hydrogens is 364 g/mol. The Morgan fingerprint density at radius 3 is 1.53 bits per heavy atom. The van der Waals surface area contributed by atoms with Crippen molar-refractivity contribution in [1.29, 1.82) is 0 Å². The van der Waals surface area contributed by atoms with E-state index in [1.54, 1.807) is 0 Å². The van der Waals surface area contributed by atoms with E-state index in [0.717, 1.165) is 0 Å². The van der Waals surface area contributed by atoms with Gasteiger partial charge in [0.05, 0.1) is 12.1 Å². The first kappa shape index (κ1) is 17.1. The Morgan fingerprint density at radius 1 is 0.500 bits per heavy atom. The van der Waals surface area contributed by atoms with Crippen LogP contribution in [-0.4, -0.2) is 0 Å². The second-order valence-corrected chi connectivity index (χ2v) is 8.00. The Bertz CT molecular complexity index is 1220. The van der Waals surface area contributed by atoms with Crippen molar-refractivity contribution in [3.8, 4) is 0 Å². The molecule has 144 valence electrons. The van der Waals surface area contributed by atoms with E-state index in [2.05, 4.69) is 120 Å². The van der Waals surface area contributed by atoms with Crippen molar-refractivity contribution in [1.82, 2.24) is 0 Å². The highest BCUT2D eigenvalue weighted by Gasteiger charge is 2.16. The maximum absolute atomic E-state index is 3.66. The minimum Gasteiger partial charge on any atom is -0.374 e. The SMILES string of the molecule is C1=CC(c2ccc3ccc(C4C=Cc5ccccc5N4)cc3c2)Nc2ccccc21. The van der Waals surface area contributed by atoms with Crippen LogP contribution in [0.5, 0.6) is 0 Å². The van der Waals surface area contributed by atoms with Crippen molar-refractivity contribution in [3.63, 3.8) is 0 Å². The molecule has 30 heavy (non-hydrogen) atoms. The van der Waals surface area contributed by atoms with E-state index in [1.165, 1.54) is 44.4 Å². The van der Waals surface area contributed by atoms with Crippen LogP contribution in [-0.2, 0) is 0 Å². The molecule has 0 radical (unpaired) electrons. The Kier molecular flexibility index (Phi) is 3.95. The predicted molar refractivity (Wildman–Crippen MR) is 128 cm³/mol. The van der Waals surface area contributed by atoms with Crippen LogP contribution in [0.3, 0.4) is 0 Å². The van der Waals surface area contributed by atoms with Gasteiger partial charge in [0.1, 0.15) is 0 Å². The van der Waals surface area contributed by atoms with E-state index in [-0.39, 0.29) is 12.1 Å². The van der Waals surface area contributed by atoms with Crippen molar-refractivity contribution in [2.45, 2.75) is 12.1 Å². The summed E-state index contributed by atoms with van der Waals surface area (Å²) in [6.07, 6.45) is 8.92. The normalized spacial score (nSPS) is 18.9. The molecule has 0 amide bonds. The van der Waals surface area contributed by atoms with Crippen LogP contribution in [0.15, 0.2) is 97.1 Å². The lowest BCUT2D eigenvalue weighted by molar-refractivity contribution is 0.976. The first-order chi connectivity index (χ1) is 14.8. The summed E-state index contributed by atoms with van der Waals surface area (Å²) < 4.78 is 0. The van der Waals surface area contributed by atoms with Crippen LogP contribution in [0.1, 0.15) is 34.3 Å². The van der Waals surface area contributed by atoms with Gasteiger partial charge in [0.2, 0.25) is 0 Å². The van der Waals surface area contributed by atoms with Crippen LogP contribution < -0.4 is 10.6 Å². The molecule has 2 nitrogen and oxygen atoms in total. The van der Waals surface area contributed by atoms with Crippen molar-refractivity contribution >= 4 is 34.3 Å². The lowest BCUT2D eigenvalue weighted by Crippen LogP contribution is -2.12. The summed E-state index contributed by atoms with van der Waals surface area (Å²) in [6.45, 7) is 0. The van der Waals surface area contributed by atoms with Gasteiger partial charge in [-0.05, 0) is 57.3 Å². The number of nitrogens with one attached hydrogen (secondary N) is 2. The summed E-state index contributed by atoms with van der Waals surface area (Å²) in [4.78, 5) is 0. The van der Waals surface area contributed by atoms with E-state index in [0.29, 0.717) is 0 Å². The monoisotopic (exact) mass is 386 g/mol. The van der Waals surface area contributed by atoms with Gasteiger partial charge in [0.15, 0.2) is 0 Å². The van der Waals surface area contributed by atoms with Crippen LogP contribution in [0.2, 0.25) is 0 Å². The van der Waals surface area contributed by atoms with Crippen LogP contribution in [0.25, 0.3) is 22.9 Å². The van der Waals surface area contributed by atoms with Gasteiger partial charge in [0.25, 0.3) is 0 Å². The zero-order valence-electron chi connectivity index (χ0n) is 16.5. The molecule has 0 bridgehead atoms. The molecule has 0 spiro atoms. The van der Waals surface area contributed by atoms with Crippen molar-refractivity contribution in [3.05, 3.63) is 119 Å². The molecule has 0 aromatic heterocycles. The maximum atomic E-state index is 3.66. The summed E-state index contributed by atoms with van der Waals surface area (Å²) in [5, 5.41) is 9.85. The molecule has 2 aliphatic heterocycles. The fourth-order valence-electron chi connectivity index (χ4n) is 4.44. The van der Waals surface area contributed by atoms with E-state index in [1.807, 2.05) is 0 Å². The Morgan fingerprint density at radius 2 is 1.00 bits per heavy atom. The number of rotatable bonds is 2. The molecule has 0 aliphatic carbocycles. The Hall–Kier alpha value is -3.78. The third-order valence-electron chi connectivity index (χ3n) is 6.09. The number of anilines is 2. The largest absolute Gasteiger partial charge is 0.374 e. The number of fused-ring (bicyclic) bond motifs is 3. The van der Waals surface area contributed by atoms with Gasteiger partial charge in [-0.2, -0.15) is 0 Å². The summed E-state index contributed by atoms with van der Waals surface area (Å²) >= 11 is 0. The van der Waals surface area contributed by atoms with Gasteiger partial charge >= 0.3 is 0 Å². The molecule has 4 aromatic carbocycles. The summed E-state index contributed by atoms with van der Waals surface area (Å²) in [5.74, 6) is 0. The van der Waals surface area contributed by atoms with Gasteiger partial charge in [-0.25, -0.2) is 0 Å². The standard InChI is InChI=1S/C28H22N2/c1-3-7-25-20(5-1)13-15-27(29-25)22-11-9-19-10-12-23(18-24(19)17-22)28-16-14-21-6-2-4-8-26(21)30-28/h1-18,27-30H. The van der Waals surface area contributed by atoms with E-state index >= 15 is 0 Å². The van der Waals surface area contributed by atoms with Gasteiger partial charge in [0, 0.05) is 11.4 Å². The quantitative estimate of drug-likeness (QED) is 0.381. The number of hydrogen-bond donors (Lipinski definition) is 2. The Labute approximate surface area is 176 Å². The van der Waals surface area contributed by atoms with Gasteiger partial charge in [-0.15, -0.1) is 0 Å². The van der Waals surface area contributed by atoms with Crippen molar-refractivity contribution < 1.29 is 0 Å². The zero-order chi connectivity index (χ0) is 19.9. The average Bonchev–Trinajstić information content (AvgIpc) is 2.82. The maximum Gasteiger partial charge on any atom is 0.0701 e. The number of benzene rings is 4. The highest BCUT2D eigenvalue weighted by Crippen LogP contribution is 2.34. The van der Waals surface area contributed by atoms with E-state index < -0.39 is 0 Å².